The van der Waals surface area contributed by atoms with E-state index in [1.165, 1.54) is 0 Å². The molecule has 0 saturated carbocycles. The number of benzene rings is 2. The van der Waals surface area contributed by atoms with E-state index in [0.717, 1.165) is 32.2 Å². The number of para-hydroxylation sites is 1. The standard InChI is InChI=1S/C16H12BrNO/c1-10(19)15-13-4-2-3-5-14(13)18-16(15)11-6-8-12(17)9-7-11/h2-9,18H,1H3. The Morgan fingerprint density at radius 3 is 2.42 bits per heavy atom. The van der Waals surface area contributed by atoms with Crippen LogP contribution in [0.3, 0.4) is 0 Å². The fourth-order valence-corrected chi connectivity index (χ4v) is 2.61. The van der Waals surface area contributed by atoms with E-state index in [0.29, 0.717) is 0 Å². The second kappa shape index (κ2) is 4.67. The van der Waals surface area contributed by atoms with Crippen LogP contribution in [0.2, 0.25) is 0 Å². The molecule has 1 aromatic heterocycles. The van der Waals surface area contributed by atoms with Crippen molar-refractivity contribution in [1.82, 2.24) is 4.98 Å². The first-order chi connectivity index (χ1) is 9.16. The van der Waals surface area contributed by atoms with E-state index in [2.05, 4.69) is 20.9 Å². The largest absolute Gasteiger partial charge is 0.354 e. The Kier molecular flexibility index (Phi) is 2.99. The van der Waals surface area contributed by atoms with Gasteiger partial charge >= 0.3 is 0 Å². The van der Waals surface area contributed by atoms with Crippen LogP contribution in [0.5, 0.6) is 0 Å². The summed E-state index contributed by atoms with van der Waals surface area (Å²) in [5.74, 6) is 0.0790. The molecule has 0 bridgehead atoms. The number of carbonyl (C=O) groups excluding carboxylic acids is 1. The summed E-state index contributed by atoms with van der Waals surface area (Å²) in [6.07, 6.45) is 0. The van der Waals surface area contributed by atoms with Gasteiger partial charge in [-0.3, -0.25) is 4.79 Å². The van der Waals surface area contributed by atoms with Crippen LogP contribution in [0.4, 0.5) is 0 Å². The minimum absolute atomic E-state index is 0.0790. The highest BCUT2D eigenvalue weighted by atomic mass is 79.9. The minimum Gasteiger partial charge on any atom is -0.354 e. The molecule has 0 aliphatic heterocycles. The predicted molar refractivity (Wildman–Crippen MR) is 81.4 cm³/mol. The third-order valence-corrected chi connectivity index (χ3v) is 3.72. The number of ketones is 1. The van der Waals surface area contributed by atoms with Gasteiger partial charge in [-0.2, -0.15) is 0 Å². The Balaban J connectivity index is 2.31. The van der Waals surface area contributed by atoms with E-state index in [4.69, 9.17) is 0 Å². The van der Waals surface area contributed by atoms with Gasteiger partial charge in [0.05, 0.1) is 11.3 Å². The summed E-state index contributed by atoms with van der Waals surface area (Å²) in [6.45, 7) is 1.61. The van der Waals surface area contributed by atoms with Crippen molar-refractivity contribution in [2.45, 2.75) is 6.92 Å². The molecule has 0 aliphatic rings. The maximum absolute atomic E-state index is 12.0. The van der Waals surface area contributed by atoms with Crippen molar-refractivity contribution in [2.24, 2.45) is 0 Å². The van der Waals surface area contributed by atoms with Gasteiger partial charge in [0.15, 0.2) is 5.78 Å². The van der Waals surface area contributed by atoms with Crippen LogP contribution in [0.1, 0.15) is 17.3 Å². The third-order valence-electron chi connectivity index (χ3n) is 3.19. The molecule has 2 aromatic carbocycles. The summed E-state index contributed by atoms with van der Waals surface area (Å²) in [6, 6.07) is 15.8. The molecule has 0 saturated heterocycles. The fourth-order valence-electron chi connectivity index (χ4n) is 2.34. The van der Waals surface area contributed by atoms with Crippen molar-refractivity contribution in [3.8, 4) is 11.3 Å². The molecule has 0 fully saturated rings. The third kappa shape index (κ3) is 2.10. The summed E-state index contributed by atoms with van der Waals surface area (Å²) < 4.78 is 1.02. The number of fused-ring (bicyclic) bond motifs is 1. The summed E-state index contributed by atoms with van der Waals surface area (Å²) in [4.78, 5) is 15.3. The molecule has 3 rings (SSSR count). The summed E-state index contributed by atoms with van der Waals surface area (Å²) >= 11 is 3.42. The first kappa shape index (κ1) is 12.2. The monoisotopic (exact) mass is 313 g/mol. The van der Waals surface area contributed by atoms with Crippen LogP contribution < -0.4 is 0 Å². The first-order valence-electron chi connectivity index (χ1n) is 6.04. The number of rotatable bonds is 2. The molecular weight excluding hydrogens is 302 g/mol. The van der Waals surface area contributed by atoms with Gasteiger partial charge in [0, 0.05) is 15.4 Å². The summed E-state index contributed by atoms with van der Waals surface area (Å²) in [5, 5.41) is 0.980. The van der Waals surface area contributed by atoms with Gasteiger partial charge in [-0.25, -0.2) is 0 Å². The Hall–Kier alpha value is -1.87. The number of Topliss-reactive ketones (excluding diaryl/α,β-unsaturated/α-hetero) is 1. The van der Waals surface area contributed by atoms with Gasteiger partial charge in [0.2, 0.25) is 0 Å². The highest BCUT2D eigenvalue weighted by Crippen LogP contribution is 2.31. The van der Waals surface area contributed by atoms with Gasteiger partial charge in [0.1, 0.15) is 0 Å². The lowest BCUT2D eigenvalue weighted by Gasteiger charge is -2.02. The van der Waals surface area contributed by atoms with Gasteiger partial charge in [-0.05, 0) is 30.7 Å². The highest BCUT2D eigenvalue weighted by molar-refractivity contribution is 9.10. The number of halogens is 1. The van der Waals surface area contributed by atoms with Crippen LogP contribution in [0.25, 0.3) is 22.2 Å². The van der Waals surface area contributed by atoms with Crippen LogP contribution in [0.15, 0.2) is 53.0 Å². The summed E-state index contributed by atoms with van der Waals surface area (Å²) in [5.41, 5.74) is 3.66. The zero-order chi connectivity index (χ0) is 13.4. The lowest BCUT2D eigenvalue weighted by atomic mass is 10.0. The van der Waals surface area contributed by atoms with E-state index in [9.17, 15) is 4.79 Å². The van der Waals surface area contributed by atoms with Crippen LogP contribution >= 0.6 is 15.9 Å². The van der Waals surface area contributed by atoms with Crippen molar-refractivity contribution in [2.75, 3.05) is 0 Å². The molecule has 0 amide bonds. The Morgan fingerprint density at radius 2 is 1.74 bits per heavy atom. The first-order valence-corrected chi connectivity index (χ1v) is 6.83. The molecule has 3 heteroatoms. The van der Waals surface area contributed by atoms with E-state index in [1.807, 2.05) is 48.5 Å². The normalized spacial score (nSPS) is 10.8. The molecule has 0 spiro atoms. The van der Waals surface area contributed by atoms with E-state index >= 15 is 0 Å². The van der Waals surface area contributed by atoms with Gasteiger partial charge in [0.25, 0.3) is 0 Å². The lowest BCUT2D eigenvalue weighted by Crippen LogP contribution is -1.93. The summed E-state index contributed by atoms with van der Waals surface area (Å²) in [7, 11) is 0. The van der Waals surface area contributed by atoms with Crippen molar-refractivity contribution in [1.29, 1.82) is 0 Å². The Morgan fingerprint density at radius 1 is 1.05 bits per heavy atom. The van der Waals surface area contributed by atoms with E-state index in [-0.39, 0.29) is 5.78 Å². The molecule has 94 valence electrons. The molecule has 0 unspecified atom stereocenters. The molecule has 0 aliphatic carbocycles. The Labute approximate surface area is 119 Å². The van der Waals surface area contributed by atoms with Crippen LogP contribution in [-0.2, 0) is 0 Å². The SMILES string of the molecule is CC(=O)c1c(-c2ccc(Br)cc2)[nH]c2ccccc12. The molecule has 1 N–H and O–H groups in total. The number of H-pyrrole nitrogens is 1. The molecule has 3 aromatic rings. The van der Waals surface area contributed by atoms with Gasteiger partial charge in [-0.1, -0.05) is 46.3 Å². The fraction of sp³-hybridized carbons (Fsp3) is 0.0625. The van der Waals surface area contributed by atoms with Gasteiger partial charge in [-0.15, -0.1) is 0 Å². The second-order valence-electron chi connectivity index (χ2n) is 4.48. The van der Waals surface area contributed by atoms with Crippen molar-refractivity contribution < 1.29 is 4.79 Å². The van der Waals surface area contributed by atoms with E-state index < -0.39 is 0 Å². The maximum atomic E-state index is 12.0. The molecule has 2 nitrogen and oxygen atoms in total. The Bertz CT molecular complexity index is 756. The zero-order valence-electron chi connectivity index (χ0n) is 10.4. The minimum atomic E-state index is 0.0790. The van der Waals surface area contributed by atoms with Crippen molar-refractivity contribution >= 4 is 32.6 Å². The number of aromatic nitrogens is 1. The average Bonchev–Trinajstić information content (AvgIpc) is 2.78. The number of hydrogen-bond donors (Lipinski definition) is 1. The predicted octanol–water partition coefficient (Wildman–Crippen LogP) is 4.80. The number of carbonyl (C=O) groups is 1. The molecule has 1 heterocycles. The molecule has 19 heavy (non-hydrogen) atoms. The maximum Gasteiger partial charge on any atom is 0.162 e. The quantitative estimate of drug-likeness (QED) is 0.677. The number of hydrogen-bond acceptors (Lipinski definition) is 1. The lowest BCUT2D eigenvalue weighted by molar-refractivity contribution is 0.102. The molecular formula is C16H12BrNO. The van der Waals surface area contributed by atoms with Gasteiger partial charge < -0.3 is 4.98 Å². The zero-order valence-corrected chi connectivity index (χ0v) is 12.0. The smallest absolute Gasteiger partial charge is 0.162 e. The highest BCUT2D eigenvalue weighted by Gasteiger charge is 2.16. The second-order valence-corrected chi connectivity index (χ2v) is 5.40. The van der Waals surface area contributed by atoms with Crippen LogP contribution in [-0.4, -0.2) is 10.8 Å². The number of nitrogens with one attached hydrogen (secondary N) is 1. The number of aromatic amines is 1. The average molecular weight is 314 g/mol. The molecule has 0 atom stereocenters. The molecule has 0 radical (unpaired) electrons. The topological polar surface area (TPSA) is 32.9 Å². The van der Waals surface area contributed by atoms with E-state index in [1.54, 1.807) is 6.92 Å². The van der Waals surface area contributed by atoms with Crippen molar-refractivity contribution in [3.63, 3.8) is 0 Å². The van der Waals surface area contributed by atoms with Crippen LogP contribution in [0, 0.1) is 0 Å². The van der Waals surface area contributed by atoms with Crippen molar-refractivity contribution in [3.05, 3.63) is 58.6 Å².